The highest BCUT2D eigenvalue weighted by molar-refractivity contribution is 7.27. The average Bonchev–Trinajstić information content (AvgIpc) is 4.02. The SMILES string of the molecule is [2H]c1c([2H])c([2H])c(-c2c([2H])c([2H])c([2H])c3sc4c([2H])c(-c5nc(-c6ccc(-c7ccccc7)cc6)nc(-c6ccc(-c7cccc8c7sc7c(-c9ccccc9)cccc78)cc6)n5)c([2H])c([2H])c4c23)c([2H])c1[2H]. The minimum Gasteiger partial charge on any atom is -0.208 e. The lowest BCUT2D eigenvalue weighted by Crippen LogP contribution is -2.00. The van der Waals surface area contributed by atoms with E-state index >= 15 is 0 Å². The topological polar surface area (TPSA) is 38.7 Å². The molecule has 9 aromatic carbocycles. The van der Waals surface area contributed by atoms with Gasteiger partial charge in [0.15, 0.2) is 17.5 Å². The molecule has 62 heavy (non-hydrogen) atoms. The van der Waals surface area contributed by atoms with Crippen LogP contribution in [0.15, 0.2) is 212 Å². The van der Waals surface area contributed by atoms with Crippen molar-refractivity contribution in [3.05, 3.63) is 212 Å². The zero-order valence-corrected chi connectivity index (χ0v) is 34.1. The van der Waals surface area contributed by atoms with Crippen LogP contribution >= 0.6 is 22.7 Å². The Hall–Kier alpha value is -7.57. The maximum Gasteiger partial charge on any atom is 0.164 e. The first-order chi connectivity index (χ1) is 35.3. The van der Waals surface area contributed by atoms with Gasteiger partial charge in [-0.3, -0.25) is 0 Å². The van der Waals surface area contributed by atoms with Gasteiger partial charge in [0.05, 0.1) is 15.1 Å². The number of fused-ring (bicyclic) bond motifs is 6. The van der Waals surface area contributed by atoms with Crippen molar-refractivity contribution in [1.82, 2.24) is 15.0 Å². The monoisotopic (exact) mass is 836 g/mol. The van der Waals surface area contributed by atoms with E-state index in [9.17, 15) is 4.11 Å². The number of thiophene rings is 2. The van der Waals surface area contributed by atoms with E-state index < -0.39 is 60.4 Å². The highest BCUT2D eigenvalue weighted by atomic mass is 32.1. The van der Waals surface area contributed by atoms with Gasteiger partial charge < -0.3 is 0 Å². The van der Waals surface area contributed by atoms with E-state index in [1.165, 1.54) is 15.6 Å². The quantitative estimate of drug-likeness (QED) is 0.160. The molecule has 0 N–H and O–H groups in total. The summed E-state index contributed by atoms with van der Waals surface area (Å²) < 4.78 is 101. The second kappa shape index (κ2) is 15.2. The van der Waals surface area contributed by atoms with Gasteiger partial charge in [0.1, 0.15) is 0 Å². The molecule has 0 aliphatic heterocycles. The van der Waals surface area contributed by atoms with Crippen molar-refractivity contribution in [2.45, 2.75) is 0 Å². The van der Waals surface area contributed by atoms with Gasteiger partial charge >= 0.3 is 0 Å². The molecule has 5 heteroatoms. The summed E-state index contributed by atoms with van der Waals surface area (Å²) in [6.07, 6.45) is 0. The van der Waals surface area contributed by atoms with E-state index in [0.29, 0.717) is 11.1 Å². The van der Waals surface area contributed by atoms with Crippen LogP contribution in [0.3, 0.4) is 0 Å². The van der Waals surface area contributed by atoms with Crippen molar-refractivity contribution in [2.24, 2.45) is 0 Å². The van der Waals surface area contributed by atoms with Crippen molar-refractivity contribution in [2.75, 3.05) is 0 Å². The smallest absolute Gasteiger partial charge is 0.164 e. The first kappa shape index (κ1) is 26.6. The number of benzene rings is 9. The Bertz CT molecular complexity index is 4230. The zero-order chi connectivity index (χ0) is 50.6. The van der Waals surface area contributed by atoms with Gasteiger partial charge in [0, 0.05) is 57.0 Å². The van der Waals surface area contributed by atoms with E-state index in [1.807, 2.05) is 84.9 Å². The fourth-order valence-electron chi connectivity index (χ4n) is 8.00. The van der Waals surface area contributed by atoms with Crippen molar-refractivity contribution in [3.8, 4) is 78.7 Å². The summed E-state index contributed by atoms with van der Waals surface area (Å²) >= 11 is 2.66. The van der Waals surface area contributed by atoms with Crippen LogP contribution in [-0.4, -0.2) is 15.0 Å². The van der Waals surface area contributed by atoms with E-state index in [0.717, 1.165) is 49.2 Å². The fourth-order valence-corrected chi connectivity index (χ4v) is 10.4. The maximum atomic E-state index is 9.74. The Labute approximate surface area is 382 Å². The van der Waals surface area contributed by atoms with Crippen molar-refractivity contribution >= 4 is 63.0 Å². The van der Waals surface area contributed by atoms with Gasteiger partial charge in [-0.2, -0.15) is 0 Å². The van der Waals surface area contributed by atoms with Crippen LogP contribution in [0.2, 0.25) is 0 Å². The third-order valence-corrected chi connectivity index (χ3v) is 13.3. The lowest BCUT2D eigenvalue weighted by atomic mass is 9.99. The second-order valence-electron chi connectivity index (χ2n) is 14.7. The number of hydrogen-bond acceptors (Lipinski definition) is 5. The van der Waals surface area contributed by atoms with E-state index in [2.05, 4.69) is 60.7 Å². The van der Waals surface area contributed by atoms with Crippen LogP contribution in [0, 0.1) is 0 Å². The zero-order valence-electron chi connectivity index (χ0n) is 43.5. The van der Waals surface area contributed by atoms with Gasteiger partial charge in [-0.15, -0.1) is 22.7 Å². The molecule has 3 heterocycles. The maximum absolute atomic E-state index is 9.74. The molecule has 3 nitrogen and oxygen atoms in total. The molecule has 0 radical (unpaired) electrons. The highest BCUT2D eigenvalue weighted by Crippen LogP contribution is 2.45. The Balaban J connectivity index is 1.04. The summed E-state index contributed by atoms with van der Waals surface area (Å²) in [6, 6.07) is 42.8. The summed E-state index contributed by atoms with van der Waals surface area (Å²) in [5, 5.41) is 2.32. The van der Waals surface area contributed by atoms with Crippen molar-refractivity contribution in [3.63, 3.8) is 0 Å². The molecule has 0 fully saturated rings. The summed E-state index contributed by atoms with van der Waals surface area (Å²) in [7, 11) is 0. The summed E-state index contributed by atoms with van der Waals surface area (Å²) in [5.41, 5.74) is 6.92. The van der Waals surface area contributed by atoms with E-state index in [4.69, 9.17) is 25.9 Å². The normalized spacial score (nSPS) is 14.0. The van der Waals surface area contributed by atoms with Crippen molar-refractivity contribution in [1.29, 1.82) is 0 Å². The molecule has 0 bridgehead atoms. The molecule has 0 unspecified atom stereocenters. The lowest BCUT2D eigenvalue weighted by molar-refractivity contribution is 1.07. The first-order valence-electron chi connectivity index (χ1n) is 25.4. The predicted molar refractivity (Wildman–Crippen MR) is 264 cm³/mol. The number of aromatic nitrogens is 3. The van der Waals surface area contributed by atoms with E-state index in [-0.39, 0.29) is 60.4 Å². The predicted octanol–water partition coefficient (Wildman–Crippen LogP) is 16.3. The van der Waals surface area contributed by atoms with Crippen LogP contribution in [0.1, 0.15) is 15.1 Å². The molecular weight excluding hydrogens is 791 g/mol. The lowest BCUT2D eigenvalue weighted by Gasteiger charge is -2.10. The third-order valence-electron chi connectivity index (χ3n) is 11.0. The Morgan fingerprint density at radius 1 is 0.323 bits per heavy atom. The van der Waals surface area contributed by atoms with Crippen LogP contribution in [0.25, 0.3) is 119 Å². The van der Waals surface area contributed by atoms with Crippen molar-refractivity contribution < 1.29 is 15.1 Å². The molecular formula is C57H35N3S2. The van der Waals surface area contributed by atoms with Crippen LogP contribution < -0.4 is 0 Å². The number of hydrogen-bond donors (Lipinski definition) is 0. The molecule has 12 aromatic rings. The third kappa shape index (κ3) is 6.38. The molecule has 0 spiro atoms. The molecule has 0 atom stereocenters. The van der Waals surface area contributed by atoms with Gasteiger partial charge in [0.25, 0.3) is 0 Å². The van der Waals surface area contributed by atoms with Gasteiger partial charge in [-0.05, 0) is 56.6 Å². The number of nitrogens with zero attached hydrogens (tertiary/aromatic N) is 3. The second-order valence-corrected chi connectivity index (χ2v) is 16.7. The summed E-state index contributed by atoms with van der Waals surface area (Å²) in [6.45, 7) is 0. The minimum atomic E-state index is -0.655. The number of rotatable bonds is 7. The first-order valence-corrected chi connectivity index (χ1v) is 21.5. The fraction of sp³-hybridized carbons (Fsp3) is 0. The highest BCUT2D eigenvalue weighted by Gasteiger charge is 2.18. The largest absolute Gasteiger partial charge is 0.208 e. The average molecular weight is 837 g/mol. The molecule has 0 amide bonds. The van der Waals surface area contributed by atoms with Gasteiger partial charge in [-0.25, -0.2) is 15.0 Å². The Morgan fingerprint density at radius 2 is 0.855 bits per heavy atom. The molecule has 12 rings (SSSR count). The Morgan fingerprint density at radius 3 is 1.48 bits per heavy atom. The van der Waals surface area contributed by atoms with Crippen LogP contribution in [-0.2, 0) is 0 Å². The van der Waals surface area contributed by atoms with E-state index in [1.54, 1.807) is 11.3 Å². The molecule has 3 aromatic heterocycles. The summed E-state index contributed by atoms with van der Waals surface area (Å²) in [4.78, 5) is 14.8. The van der Waals surface area contributed by atoms with Gasteiger partial charge in [0.2, 0.25) is 0 Å². The molecule has 0 aliphatic carbocycles. The van der Waals surface area contributed by atoms with Crippen LogP contribution in [0.4, 0.5) is 0 Å². The molecule has 0 saturated carbocycles. The Kier molecular flexibility index (Phi) is 6.50. The molecule has 0 aliphatic rings. The van der Waals surface area contributed by atoms with Crippen LogP contribution in [0.5, 0.6) is 0 Å². The van der Waals surface area contributed by atoms with Gasteiger partial charge in [-0.1, -0.05) is 200 Å². The minimum absolute atomic E-state index is 0.0123. The molecule has 0 saturated heterocycles. The standard InChI is InChI=1S/C57H35N3S2/c1-4-13-36(14-5-1)37-25-29-41(30-26-37)55-58-56(60-57(59-55)43-33-34-49-51(35-43)61-50-24-12-19-44(52(49)50)38-15-6-2-7-16-38)42-31-27-40(28-32-42)46-21-11-23-48-47-22-10-20-45(53(47)62-54(46)48)39-17-8-3-9-18-39/h1-35H/i2D,6D,7D,12D,15D,16D,19D,24D,33D,34D,35D. The summed E-state index contributed by atoms with van der Waals surface area (Å²) in [5.74, 6) is 0.453. The molecule has 290 valence electrons.